The lowest BCUT2D eigenvalue weighted by molar-refractivity contribution is -0.133. The molecule has 0 bridgehead atoms. The molecule has 0 radical (unpaired) electrons. The van der Waals surface area contributed by atoms with Crippen molar-refractivity contribution >= 4 is 17.8 Å². The van der Waals surface area contributed by atoms with Crippen molar-refractivity contribution in [1.29, 1.82) is 0 Å². The number of carbonyl (C=O) groups is 2. The number of piperazine rings is 1. The molecule has 2 heterocycles. The number of nitrogens with zero attached hydrogens (tertiary/aromatic N) is 4. The fourth-order valence-electron chi connectivity index (χ4n) is 3.91. The zero-order valence-corrected chi connectivity index (χ0v) is 20.5. The molecule has 1 atom stereocenters. The second-order valence-electron chi connectivity index (χ2n) is 8.99. The summed E-state index contributed by atoms with van der Waals surface area (Å²) in [5, 5.41) is 5.56. The molecule has 3 rings (SSSR count). The van der Waals surface area contributed by atoms with Gasteiger partial charge < -0.3 is 20.4 Å². The van der Waals surface area contributed by atoms with Gasteiger partial charge in [-0.25, -0.2) is 19.2 Å². The lowest BCUT2D eigenvalue weighted by atomic mass is 10.1. The highest BCUT2D eigenvalue weighted by atomic mass is 19.1. The van der Waals surface area contributed by atoms with Gasteiger partial charge in [0.2, 0.25) is 5.91 Å². The topological polar surface area (TPSA) is 90.5 Å². The Morgan fingerprint density at radius 1 is 1.09 bits per heavy atom. The zero-order valence-electron chi connectivity index (χ0n) is 20.5. The fraction of sp³-hybridized carbons (Fsp3) is 0.520. The molecule has 1 fully saturated rings. The van der Waals surface area contributed by atoms with E-state index in [1.807, 2.05) is 24.8 Å². The molecule has 184 valence electrons. The minimum atomic E-state index is -0.585. The summed E-state index contributed by atoms with van der Waals surface area (Å²) in [6, 6.07) is 6.93. The Morgan fingerprint density at radius 3 is 2.38 bits per heavy atom. The summed E-state index contributed by atoms with van der Waals surface area (Å²) in [6.07, 6.45) is 1.33. The van der Waals surface area contributed by atoms with Crippen molar-refractivity contribution in [3.63, 3.8) is 0 Å². The first-order valence-corrected chi connectivity index (χ1v) is 11.9. The van der Waals surface area contributed by atoms with Crippen LogP contribution in [-0.4, -0.2) is 59.0 Å². The number of rotatable bonds is 8. The van der Waals surface area contributed by atoms with Crippen molar-refractivity contribution in [2.45, 2.75) is 59.0 Å². The number of halogens is 1. The van der Waals surface area contributed by atoms with Crippen LogP contribution in [0.15, 0.2) is 30.3 Å². The van der Waals surface area contributed by atoms with Crippen LogP contribution in [0.1, 0.15) is 56.6 Å². The third-order valence-corrected chi connectivity index (χ3v) is 5.84. The maximum absolute atomic E-state index is 13.2. The minimum Gasteiger partial charge on any atom is -0.353 e. The van der Waals surface area contributed by atoms with Gasteiger partial charge in [0.25, 0.3) is 0 Å². The summed E-state index contributed by atoms with van der Waals surface area (Å²) in [6.45, 7) is 10.9. The van der Waals surface area contributed by atoms with Crippen LogP contribution in [0.4, 0.5) is 15.0 Å². The summed E-state index contributed by atoms with van der Waals surface area (Å²) in [5.74, 6) is 1.58. The molecule has 0 aliphatic carbocycles. The van der Waals surface area contributed by atoms with Crippen molar-refractivity contribution < 1.29 is 14.0 Å². The van der Waals surface area contributed by atoms with E-state index in [1.165, 1.54) is 12.1 Å². The van der Waals surface area contributed by atoms with Crippen LogP contribution in [0.2, 0.25) is 0 Å². The molecule has 2 aromatic rings. The Labute approximate surface area is 201 Å². The lowest BCUT2D eigenvalue weighted by Crippen LogP contribution is -2.56. The average Bonchev–Trinajstić information content (AvgIpc) is 2.82. The number of anilines is 1. The van der Waals surface area contributed by atoms with Gasteiger partial charge in [0.1, 0.15) is 23.5 Å². The Hall–Kier alpha value is -3.23. The first-order valence-electron chi connectivity index (χ1n) is 11.9. The second-order valence-corrected chi connectivity index (χ2v) is 8.99. The molecule has 9 heteroatoms. The highest BCUT2D eigenvalue weighted by Crippen LogP contribution is 2.19. The number of urea groups is 1. The maximum Gasteiger partial charge on any atom is 0.315 e. The van der Waals surface area contributed by atoms with Gasteiger partial charge in [0.05, 0.1) is 0 Å². The van der Waals surface area contributed by atoms with Gasteiger partial charge in [0, 0.05) is 50.4 Å². The third kappa shape index (κ3) is 6.88. The summed E-state index contributed by atoms with van der Waals surface area (Å²) >= 11 is 0. The molecule has 0 spiro atoms. The van der Waals surface area contributed by atoms with E-state index >= 15 is 0 Å². The molecule has 34 heavy (non-hydrogen) atoms. The molecule has 1 aromatic carbocycles. The van der Waals surface area contributed by atoms with Crippen LogP contribution in [-0.2, 0) is 11.3 Å². The molecule has 3 amide bonds. The molecular formula is C25H35FN6O2. The van der Waals surface area contributed by atoms with Crippen molar-refractivity contribution in [2.75, 3.05) is 31.1 Å². The Balaban J connectivity index is 1.55. The van der Waals surface area contributed by atoms with E-state index in [-0.39, 0.29) is 24.2 Å². The molecule has 1 unspecified atom stereocenters. The van der Waals surface area contributed by atoms with E-state index < -0.39 is 12.1 Å². The number of amides is 3. The monoisotopic (exact) mass is 470 g/mol. The van der Waals surface area contributed by atoms with E-state index in [4.69, 9.17) is 4.98 Å². The number of carbonyl (C=O) groups excluding carboxylic acids is 2. The minimum absolute atomic E-state index is 0.0693. The van der Waals surface area contributed by atoms with Crippen LogP contribution in [0.25, 0.3) is 0 Å². The van der Waals surface area contributed by atoms with Gasteiger partial charge in [-0.2, -0.15) is 0 Å². The SMILES string of the molecule is CCCC(NC(=O)NCc1ccc(F)cc1)C(=O)N1CCN(c2cc(C)nc(C(C)C)n2)CC1. The number of hydrogen-bond acceptors (Lipinski definition) is 5. The molecule has 1 aromatic heterocycles. The summed E-state index contributed by atoms with van der Waals surface area (Å²) in [5.41, 5.74) is 1.72. The predicted molar refractivity (Wildman–Crippen MR) is 130 cm³/mol. The van der Waals surface area contributed by atoms with Gasteiger partial charge in [-0.05, 0) is 31.0 Å². The van der Waals surface area contributed by atoms with E-state index in [1.54, 1.807) is 12.1 Å². The fourth-order valence-corrected chi connectivity index (χ4v) is 3.91. The second kappa shape index (κ2) is 11.8. The number of aryl methyl sites for hydroxylation is 1. The van der Waals surface area contributed by atoms with E-state index in [0.717, 1.165) is 29.3 Å². The molecule has 1 saturated heterocycles. The smallest absolute Gasteiger partial charge is 0.315 e. The van der Waals surface area contributed by atoms with Gasteiger partial charge in [0.15, 0.2) is 0 Å². The molecule has 2 N–H and O–H groups in total. The number of nitrogens with one attached hydrogen (secondary N) is 2. The van der Waals surface area contributed by atoms with E-state index in [2.05, 4.69) is 34.4 Å². The van der Waals surface area contributed by atoms with Crippen molar-refractivity contribution in [1.82, 2.24) is 25.5 Å². The lowest BCUT2D eigenvalue weighted by Gasteiger charge is -2.37. The maximum atomic E-state index is 13.2. The number of benzene rings is 1. The predicted octanol–water partition coefficient (Wildman–Crippen LogP) is 3.36. The Morgan fingerprint density at radius 2 is 1.76 bits per heavy atom. The Bertz CT molecular complexity index is 974. The summed E-state index contributed by atoms with van der Waals surface area (Å²) < 4.78 is 13.0. The number of hydrogen-bond donors (Lipinski definition) is 2. The van der Waals surface area contributed by atoms with Gasteiger partial charge in [-0.15, -0.1) is 0 Å². The van der Waals surface area contributed by atoms with Crippen LogP contribution in [0, 0.1) is 12.7 Å². The highest BCUT2D eigenvalue weighted by molar-refractivity contribution is 5.87. The summed E-state index contributed by atoms with van der Waals surface area (Å²) in [7, 11) is 0. The van der Waals surface area contributed by atoms with Gasteiger partial charge in [-0.3, -0.25) is 4.79 Å². The Kier molecular flexibility index (Phi) is 8.79. The molecule has 1 aliphatic rings. The van der Waals surface area contributed by atoms with Gasteiger partial charge in [-0.1, -0.05) is 39.3 Å². The highest BCUT2D eigenvalue weighted by Gasteiger charge is 2.28. The average molecular weight is 471 g/mol. The summed E-state index contributed by atoms with van der Waals surface area (Å²) in [4.78, 5) is 38.8. The quantitative estimate of drug-likeness (QED) is 0.617. The third-order valence-electron chi connectivity index (χ3n) is 5.84. The van der Waals surface area contributed by atoms with Crippen molar-refractivity contribution in [2.24, 2.45) is 0 Å². The normalized spacial score (nSPS) is 14.8. The van der Waals surface area contributed by atoms with Crippen LogP contribution in [0.5, 0.6) is 0 Å². The standard InChI is InChI=1S/C25H35FN6O2/c1-5-6-21(29-25(34)27-16-19-7-9-20(26)10-8-19)24(33)32-13-11-31(12-14-32)22-15-18(4)28-23(30-22)17(2)3/h7-10,15,17,21H,5-6,11-14,16H2,1-4H3,(H2,27,29,34). The van der Waals surface area contributed by atoms with Crippen LogP contribution >= 0.6 is 0 Å². The largest absolute Gasteiger partial charge is 0.353 e. The molecule has 8 nitrogen and oxygen atoms in total. The molecule has 1 aliphatic heterocycles. The van der Waals surface area contributed by atoms with Gasteiger partial charge >= 0.3 is 6.03 Å². The first kappa shape index (κ1) is 25.4. The zero-order chi connectivity index (χ0) is 24.7. The van der Waals surface area contributed by atoms with Crippen molar-refractivity contribution in [3.05, 3.63) is 53.2 Å². The molecule has 0 saturated carbocycles. The van der Waals surface area contributed by atoms with Crippen LogP contribution in [0.3, 0.4) is 0 Å². The molecular weight excluding hydrogens is 435 g/mol. The number of aromatic nitrogens is 2. The van der Waals surface area contributed by atoms with E-state index in [9.17, 15) is 14.0 Å². The first-order chi connectivity index (χ1) is 16.3. The van der Waals surface area contributed by atoms with Crippen molar-refractivity contribution in [3.8, 4) is 0 Å². The van der Waals surface area contributed by atoms with E-state index in [0.29, 0.717) is 32.6 Å². The van der Waals surface area contributed by atoms with Crippen LogP contribution < -0.4 is 15.5 Å².